The van der Waals surface area contributed by atoms with E-state index in [0.29, 0.717) is 0 Å². The van der Waals surface area contributed by atoms with E-state index < -0.39 is 0 Å². The lowest BCUT2D eigenvalue weighted by Crippen LogP contribution is -2.10. The molecule has 1 aliphatic rings. The van der Waals surface area contributed by atoms with Crippen molar-refractivity contribution in [2.45, 2.75) is 0 Å². The Kier molecular flexibility index (Phi) is 4.59. The van der Waals surface area contributed by atoms with Crippen molar-refractivity contribution in [2.24, 2.45) is 0 Å². The SMILES string of the molecule is CN(C)c1ccc(C=C2C(c3ccc(Cl)cc3)=[N+](C)c3ccccc32)cc1. The number of para-hydroxylation sites is 1. The van der Waals surface area contributed by atoms with E-state index in [1.165, 1.54) is 33.8 Å². The monoisotopic (exact) mass is 373 g/mol. The molecule has 0 N–H and O–H groups in total. The first-order chi connectivity index (χ1) is 13.0. The molecule has 0 aromatic heterocycles. The molecular formula is C24H22ClN2+. The zero-order chi connectivity index (χ0) is 19.0. The predicted molar refractivity (Wildman–Crippen MR) is 116 cm³/mol. The molecule has 0 bridgehead atoms. The molecule has 0 saturated heterocycles. The molecule has 4 rings (SSSR count). The number of allylic oxidation sites excluding steroid dienone is 1. The first kappa shape index (κ1) is 17.6. The van der Waals surface area contributed by atoms with Gasteiger partial charge in [0.1, 0.15) is 7.05 Å². The molecule has 0 saturated carbocycles. The van der Waals surface area contributed by atoms with E-state index in [2.05, 4.69) is 97.4 Å². The summed E-state index contributed by atoms with van der Waals surface area (Å²) in [6.45, 7) is 0. The second kappa shape index (κ2) is 7.05. The fourth-order valence-electron chi connectivity index (χ4n) is 3.56. The Morgan fingerprint density at radius 1 is 0.852 bits per heavy atom. The summed E-state index contributed by atoms with van der Waals surface area (Å²) in [6, 6.07) is 25.3. The van der Waals surface area contributed by atoms with E-state index in [1.54, 1.807) is 0 Å². The number of anilines is 1. The number of hydrogen-bond acceptors (Lipinski definition) is 1. The van der Waals surface area contributed by atoms with Crippen LogP contribution in [0.4, 0.5) is 11.4 Å². The van der Waals surface area contributed by atoms with Gasteiger partial charge in [0.2, 0.25) is 11.4 Å². The topological polar surface area (TPSA) is 6.25 Å². The fourth-order valence-corrected chi connectivity index (χ4v) is 3.69. The van der Waals surface area contributed by atoms with Crippen molar-refractivity contribution in [1.29, 1.82) is 0 Å². The lowest BCUT2D eigenvalue weighted by atomic mass is 9.96. The molecule has 1 aliphatic heterocycles. The number of halogens is 1. The predicted octanol–water partition coefficient (Wildman–Crippen LogP) is 5.72. The number of fused-ring (bicyclic) bond motifs is 1. The Labute approximate surface area is 165 Å². The summed E-state index contributed by atoms with van der Waals surface area (Å²) in [5.74, 6) is 0. The second-order valence-corrected chi connectivity index (χ2v) is 7.41. The van der Waals surface area contributed by atoms with E-state index >= 15 is 0 Å². The molecule has 0 fully saturated rings. The Bertz CT molecular complexity index is 1040. The van der Waals surface area contributed by atoms with Crippen LogP contribution in [-0.2, 0) is 0 Å². The van der Waals surface area contributed by atoms with Gasteiger partial charge in [0.05, 0.1) is 11.1 Å². The first-order valence-corrected chi connectivity index (χ1v) is 9.38. The summed E-state index contributed by atoms with van der Waals surface area (Å²) in [5, 5.41) is 0.752. The van der Waals surface area contributed by atoms with E-state index in [1.807, 2.05) is 12.1 Å². The van der Waals surface area contributed by atoms with Gasteiger partial charge in [-0.15, -0.1) is 0 Å². The molecule has 0 atom stereocenters. The van der Waals surface area contributed by atoms with Crippen molar-refractivity contribution in [3.8, 4) is 0 Å². The Hall–Kier alpha value is -2.84. The van der Waals surface area contributed by atoms with Crippen LogP contribution in [0.25, 0.3) is 11.6 Å². The highest BCUT2D eigenvalue weighted by Gasteiger charge is 2.32. The number of benzene rings is 3. The highest BCUT2D eigenvalue weighted by molar-refractivity contribution is 6.36. The molecule has 2 nitrogen and oxygen atoms in total. The Balaban J connectivity index is 1.86. The van der Waals surface area contributed by atoms with Gasteiger partial charge in [0.15, 0.2) is 0 Å². The number of rotatable bonds is 3. The second-order valence-electron chi connectivity index (χ2n) is 6.98. The van der Waals surface area contributed by atoms with Crippen molar-refractivity contribution >= 4 is 40.3 Å². The lowest BCUT2D eigenvalue weighted by Gasteiger charge is -2.12. The van der Waals surface area contributed by atoms with Crippen LogP contribution in [0.2, 0.25) is 5.02 Å². The highest BCUT2D eigenvalue weighted by atomic mass is 35.5. The van der Waals surface area contributed by atoms with Gasteiger partial charge in [-0.05, 0) is 54.1 Å². The molecule has 0 amide bonds. The maximum Gasteiger partial charge on any atom is 0.220 e. The molecule has 3 heteroatoms. The average Bonchev–Trinajstić information content (AvgIpc) is 2.95. The van der Waals surface area contributed by atoms with Gasteiger partial charge in [-0.3, -0.25) is 0 Å². The molecule has 0 radical (unpaired) electrons. The molecule has 134 valence electrons. The quantitative estimate of drug-likeness (QED) is 0.532. The summed E-state index contributed by atoms with van der Waals surface area (Å²) >= 11 is 6.11. The molecule has 3 aromatic rings. The number of hydrogen-bond donors (Lipinski definition) is 0. The lowest BCUT2D eigenvalue weighted by molar-refractivity contribution is -0.400. The molecular weight excluding hydrogens is 352 g/mol. The minimum atomic E-state index is 0.752. The van der Waals surface area contributed by atoms with Crippen LogP contribution in [-0.4, -0.2) is 31.4 Å². The Morgan fingerprint density at radius 3 is 2.19 bits per heavy atom. The average molecular weight is 374 g/mol. The van der Waals surface area contributed by atoms with Gasteiger partial charge in [0.25, 0.3) is 0 Å². The summed E-state index contributed by atoms with van der Waals surface area (Å²) in [5.41, 5.74) is 8.45. The van der Waals surface area contributed by atoms with Gasteiger partial charge in [-0.25, -0.2) is 0 Å². The van der Waals surface area contributed by atoms with E-state index in [4.69, 9.17) is 11.6 Å². The fraction of sp³-hybridized carbons (Fsp3) is 0.125. The van der Waals surface area contributed by atoms with Crippen LogP contribution in [0.3, 0.4) is 0 Å². The third kappa shape index (κ3) is 3.29. The molecule has 0 unspecified atom stereocenters. The normalized spacial score (nSPS) is 14.6. The molecule has 0 spiro atoms. The van der Waals surface area contributed by atoms with Gasteiger partial charge in [-0.2, -0.15) is 4.58 Å². The van der Waals surface area contributed by atoms with Crippen molar-refractivity contribution in [3.05, 3.63) is 94.5 Å². The minimum absolute atomic E-state index is 0.752. The van der Waals surface area contributed by atoms with Gasteiger partial charge in [-0.1, -0.05) is 35.9 Å². The third-order valence-corrected chi connectivity index (χ3v) is 5.24. The zero-order valence-corrected chi connectivity index (χ0v) is 16.5. The highest BCUT2D eigenvalue weighted by Crippen LogP contribution is 2.37. The first-order valence-electron chi connectivity index (χ1n) is 9.00. The molecule has 1 heterocycles. The van der Waals surface area contributed by atoms with Crippen LogP contribution >= 0.6 is 11.6 Å². The summed E-state index contributed by atoms with van der Waals surface area (Å²) < 4.78 is 2.26. The minimum Gasteiger partial charge on any atom is -0.378 e. The molecule has 27 heavy (non-hydrogen) atoms. The third-order valence-electron chi connectivity index (χ3n) is 4.98. The van der Waals surface area contributed by atoms with Crippen molar-refractivity contribution < 1.29 is 4.58 Å². The van der Waals surface area contributed by atoms with Crippen LogP contribution in [0.15, 0.2) is 72.8 Å². The summed E-state index contributed by atoms with van der Waals surface area (Å²) in [6.07, 6.45) is 2.27. The number of nitrogens with zero attached hydrogens (tertiary/aromatic N) is 2. The summed E-state index contributed by atoms with van der Waals surface area (Å²) in [7, 11) is 6.24. The van der Waals surface area contributed by atoms with Gasteiger partial charge >= 0.3 is 0 Å². The van der Waals surface area contributed by atoms with E-state index in [9.17, 15) is 0 Å². The zero-order valence-electron chi connectivity index (χ0n) is 15.8. The maximum atomic E-state index is 6.11. The molecule has 3 aromatic carbocycles. The van der Waals surface area contributed by atoms with Crippen LogP contribution in [0.5, 0.6) is 0 Å². The van der Waals surface area contributed by atoms with E-state index in [0.717, 1.165) is 10.6 Å². The smallest absolute Gasteiger partial charge is 0.220 e. The van der Waals surface area contributed by atoms with Crippen LogP contribution in [0, 0.1) is 0 Å². The van der Waals surface area contributed by atoms with Crippen LogP contribution < -0.4 is 4.90 Å². The van der Waals surface area contributed by atoms with Gasteiger partial charge < -0.3 is 4.90 Å². The maximum absolute atomic E-state index is 6.11. The van der Waals surface area contributed by atoms with Crippen LogP contribution in [0.1, 0.15) is 16.7 Å². The van der Waals surface area contributed by atoms with Crippen molar-refractivity contribution in [1.82, 2.24) is 0 Å². The largest absolute Gasteiger partial charge is 0.378 e. The van der Waals surface area contributed by atoms with Gasteiger partial charge in [0, 0.05) is 36.4 Å². The molecule has 0 aliphatic carbocycles. The summed E-state index contributed by atoms with van der Waals surface area (Å²) in [4.78, 5) is 2.11. The Morgan fingerprint density at radius 2 is 1.52 bits per heavy atom. The standard InChI is InChI=1S/C24H22ClN2/c1-26(2)20-14-8-17(9-15-20)16-22-21-6-4-5-7-23(21)27(3)24(22)18-10-12-19(25)13-11-18/h4-16H,1-3H3/q+1. The van der Waals surface area contributed by atoms with E-state index in [-0.39, 0.29) is 0 Å². The van der Waals surface area contributed by atoms with Crippen molar-refractivity contribution in [2.75, 3.05) is 26.0 Å². The van der Waals surface area contributed by atoms with Crippen molar-refractivity contribution in [3.63, 3.8) is 0 Å².